The molecular formula is C11H14ClNO. The molecule has 14 heavy (non-hydrogen) atoms. The van der Waals surface area contributed by atoms with E-state index in [1.807, 2.05) is 6.07 Å². The van der Waals surface area contributed by atoms with Crippen LogP contribution in [0.15, 0.2) is 18.2 Å². The Bertz CT molecular complexity index is 327. The molecule has 2 nitrogen and oxygen atoms in total. The molecule has 1 unspecified atom stereocenters. The number of methoxy groups -OCH3 is 1. The topological polar surface area (TPSA) is 21.3 Å². The largest absolute Gasteiger partial charge is 0.384 e. The Morgan fingerprint density at radius 2 is 2.43 bits per heavy atom. The molecule has 1 aromatic carbocycles. The van der Waals surface area contributed by atoms with Crippen molar-refractivity contribution in [3.63, 3.8) is 0 Å². The Hall–Kier alpha value is -0.570. The van der Waals surface area contributed by atoms with E-state index in [0.29, 0.717) is 5.92 Å². The molecule has 0 aliphatic carbocycles. The van der Waals surface area contributed by atoms with E-state index in [1.165, 1.54) is 11.1 Å². The fourth-order valence-corrected chi connectivity index (χ4v) is 2.13. The minimum atomic E-state index is 0.433. The van der Waals surface area contributed by atoms with Crippen LogP contribution in [-0.4, -0.2) is 20.3 Å². The summed E-state index contributed by atoms with van der Waals surface area (Å²) < 4.78 is 5.19. The summed E-state index contributed by atoms with van der Waals surface area (Å²) in [6.45, 7) is 2.66. The zero-order valence-electron chi connectivity index (χ0n) is 8.22. The number of benzene rings is 1. The van der Waals surface area contributed by atoms with Crippen LogP contribution in [0, 0.1) is 0 Å². The van der Waals surface area contributed by atoms with Gasteiger partial charge >= 0.3 is 0 Å². The van der Waals surface area contributed by atoms with Gasteiger partial charge in [-0.1, -0.05) is 17.7 Å². The predicted molar refractivity (Wildman–Crippen MR) is 57.8 cm³/mol. The van der Waals surface area contributed by atoms with E-state index >= 15 is 0 Å². The van der Waals surface area contributed by atoms with Crippen LogP contribution in [0.25, 0.3) is 0 Å². The summed E-state index contributed by atoms with van der Waals surface area (Å²) >= 11 is 5.98. The zero-order chi connectivity index (χ0) is 9.97. The Morgan fingerprint density at radius 1 is 1.57 bits per heavy atom. The van der Waals surface area contributed by atoms with Crippen LogP contribution in [0.1, 0.15) is 17.0 Å². The number of fused-ring (bicyclic) bond motifs is 1. The summed E-state index contributed by atoms with van der Waals surface area (Å²) in [5.74, 6) is 0.433. The Kier molecular flexibility index (Phi) is 3.06. The molecule has 0 radical (unpaired) electrons. The van der Waals surface area contributed by atoms with Gasteiger partial charge < -0.3 is 10.1 Å². The fourth-order valence-electron chi connectivity index (χ4n) is 1.95. The number of halogens is 1. The molecule has 1 aliphatic rings. The molecular weight excluding hydrogens is 198 g/mol. The van der Waals surface area contributed by atoms with Crippen LogP contribution < -0.4 is 5.32 Å². The molecule has 0 fully saturated rings. The molecule has 0 bridgehead atoms. The van der Waals surface area contributed by atoms with Gasteiger partial charge in [-0.15, -0.1) is 0 Å². The maximum absolute atomic E-state index is 5.98. The van der Waals surface area contributed by atoms with Crippen LogP contribution >= 0.6 is 11.6 Å². The van der Waals surface area contributed by atoms with Crippen LogP contribution in [-0.2, 0) is 11.3 Å². The molecule has 76 valence electrons. The lowest BCUT2D eigenvalue weighted by Gasteiger charge is -2.25. The van der Waals surface area contributed by atoms with E-state index < -0.39 is 0 Å². The minimum absolute atomic E-state index is 0.433. The fraction of sp³-hybridized carbons (Fsp3) is 0.455. The molecule has 0 spiro atoms. The van der Waals surface area contributed by atoms with Gasteiger partial charge in [-0.05, 0) is 23.3 Å². The van der Waals surface area contributed by atoms with Crippen molar-refractivity contribution in [2.45, 2.75) is 12.5 Å². The second-order valence-corrected chi connectivity index (χ2v) is 4.06. The van der Waals surface area contributed by atoms with E-state index in [1.54, 1.807) is 7.11 Å². The van der Waals surface area contributed by atoms with E-state index in [-0.39, 0.29) is 0 Å². The number of nitrogens with one attached hydrogen (secondary N) is 1. The normalized spacial score (nSPS) is 20.6. The molecule has 3 heteroatoms. The first-order chi connectivity index (χ1) is 6.81. The Balaban J connectivity index is 2.32. The molecule has 1 atom stereocenters. The summed E-state index contributed by atoms with van der Waals surface area (Å²) in [5.41, 5.74) is 2.67. The quantitative estimate of drug-likeness (QED) is 0.810. The third-order valence-corrected chi connectivity index (χ3v) is 2.86. The van der Waals surface area contributed by atoms with Gasteiger partial charge in [-0.3, -0.25) is 0 Å². The predicted octanol–water partition coefficient (Wildman–Crippen LogP) is 2.17. The molecule has 0 saturated heterocycles. The first kappa shape index (κ1) is 9.97. The first-order valence-corrected chi connectivity index (χ1v) is 5.17. The van der Waals surface area contributed by atoms with Crippen LogP contribution in [0.2, 0.25) is 5.02 Å². The van der Waals surface area contributed by atoms with Crippen molar-refractivity contribution in [2.75, 3.05) is 20.3 Å². The van der Waals surface area contributed by atoms with Crippen LogP contribution in [0.5, 0.6) is 0 Å². The first-order valence-electron chi connectivity index (χ1n) is 4.79. The van der Waals surface area contributed by atoms with E-state index in [4.69, 9.17) is 16.3 Å². The van der Waals surface area contributed by atoms with Gasteiger partial charge in [0.15, 0.2) is 0 Å². The van der Waals surface area contributed by atoms with Crippen molar-refractivity contribution in [2.24, 2.45) is 0 Å². The highest BCUT2D eigenvalue weighted by Gasteiger charge is 2.19. The molecule has 0 amide bonds. The maximum atomic E-state index is 5.98. The molecule has 1 N–H and O–H groups in total. The molecule has 1 aliphatic heterocycles. The third-order valence-electron chi connectivity index (χ3n) is 2.62. The monoisotopic (exact) mass is 211 g/mol. The van der Waals surface area contributed by atoms with Crippen LogP contribution in [0.4, 0.5) is 0 Å². The standard InChI is InChI=1S/C11H14ClNO/c1-14-7-9-6-13-5-8-2-3-10(12)4-11(8)9/h2-4,9,13H,5-7H2,1H3. The van der Waals surface area contributed by atoms with E-state index in [2.05, 4.69) is 17.4 Å². The SMILES string of the molecule is COCC1CNCc2ccc(Cl)cc21. The lowest BCUT2D eigenvalue weighted by molar-refractivity contribution is 0.175. The van der Waals surface area contributed by atoms with Gasteiger partial charge in [0, 0.05) is 31.1 Å². The van der Waals surface area contributed by atoms with Gasteiger partial charge in [-0.2, -0.15) is 0 Å². The van der Waals surface area contributed by atoms with Crippen molar-refractivity contribution in [1.29, 1.82) is 0 Å². The molecule has 0 aromatic heterocycles. The average Bonchev–Trinajstić information content (AvgIpc) is 2.19. The van der Waals surface area contributed by atoms with Gasteiger partial charge in [-0.25, -0.2) is 0 Å². The highest BCUT2D eigenvalue weighted by atomic mass is 35.5. The molecule has 1 aromatic rings. The smallest absolute Gasteiger partial charge is 0.0543 e. The minimum Gasteiger partial charge on any atom is -0.384 e. The van der Waals surface area contributed by atoms with Crippen molar-refractivity contribution < 1.29 is 4.74 Å². The highest BCUT2D eigenvalue weighted by molar-refractivity contribution is 6.30. The molecule has 1 heterocycles. The maximum Gasteiger partial charge on any atom is 0.0543 e. The van der Waals surface area contributed by atoms with Gasteiger partial charge in [0.1, 0.15) is 0 Å². The Labute approximate surface area is 89.2 Å². The van der Waals surface area contributed by atoms with Gasteiger partial charge in [0.2, 0.25) is 0 Å². The summed E-state index contributed by atoms with van der Waals surface area (Å²) in [6, 6.07) is 6.09. The summed E-state index contributed by atoms with van der Waals surface area (Å²) in [6.07, 6.45) is 0. The van der Waals surface area contributed by atoms with Gasteiger partial charge in [0.05, 0.1) is 6.61 Å². The van der Waals surface area contributed by atoms with E-state index in [0.717, 1.165) is 24.7 Å². The highest BCUT2D eigenvalue weighted by Crippen LogP contribution is 2.26. The van der Waals surface area contributed by atoms with Crippen molar-refractivity contribution in [1.82, 2.24) is 5.32 Å². The average molecular weight is 212 g/mol. The summed E-state index contributed by atoms with van der Waals surface area (Å²) in [7, 11) is 1.73. The second-order valence-electron chi connectivity index (χ2n) is 3.63. The summed E-state index contributed by atoms with van der Waals surface area (Å²) in [4.78, 5) is 0. The number of hydrogen-bond acceptors (Lipinski definition) is 2. The molecule has 0 saturated carbocycles. The van der Waals surface area contributed by atoms with Gasteiger partial charge in [0.25, 0.3) is 0 Å². The zero-order valence-corrected chi connectivity index (χ0v) is 8.97. The lowest BCUT2D eigenvalue weighted by Crippen LogP contribution is -2.30. The number of ether oxygens (including phenoxy) is 1. The second kappa shape index (κ2) is 4.30. The lowest BCUT2D eigenvalue weighted by atomic mass is 9.91. The van der Waals surface area contributed by atoms with Crippen molar-refractivity contribution in [3.8, 4) is 0 Å². The Morgan fingerprint density at radius 3 is 3.21 bits per heavy atom. The van der Waals surface area contributed by atoms with Crippen molar-refractivity contribution >= 4 is 11.6 Å². The van der Waals surface area contributed by atoms with Crippen molar-refractivity contribution in [3.05, 3.63) is 34.3 Å². The third kappa shape index (κ3) is 1.92. The van der Waals surface area contributed by atoms with E-state index in [9.17, 15) is 0 Å². The summed E-state index contributed by atoms with van der Waals surface area (Å²) in [5, 5.41) is 4.18. The number of hydrogen-bond donors (Lipinski definition) is 1. The number of rotatable bonds is 2. The van der Waals surface area contributed by atoms with Crippen LogP contribution in [0.3, 0.4) is 0 Å². The molecule has 2 rings (SSSR count).